The molecule has 0 aromatic carbocycles. The molecule has 0 aliphatic carbocycles. The number of carbonyl (C=O) groups is 1. The van der Waals surface area contributed by atoms with Gasteiger partial charge in [0.05, 0.1) is 19.3 Å². The van der Waals surface area contributed by atoms with Crippen molar-refractivity contribution in [1.82, 2.24) is 19.9 Å². The number of nitrogens with zero attached hydrogens (tertiary/aromatic N) is 3. The molecule has 1 amide bonds. The summed E-state index contributed by atoms with van der Waals surface area (Å²) in [5, 5.41) is 0. The number of methoxy groups -OCH3 is 1. The summed E-state index contributed by atoms with van der Waals surface area (Å²) in [6, 6.07) is 3.33. The number of nitrogen functional groups attached to an aromatic ring is 1. The highest BCUT2D eigenvalue weighted by atomic mass is 16.5. The maximum Gasteiger partial charge on any atom is 0.259 e. The van der Waals surface area contributed by atoms with E-state index in [0.717, 1.165) is 0 Å². The first-order valence-corrected chi connectivity index (χ1v) is 6.76. The first kappa shape index (κ1) is 14.1. The molecule has 0 saturated heterocycles. The minimum Gasteiger partial charge on any atom is -0.480 e. The largest absolute Gasteiger partial charge is 0.480 e. The van der Waals surface area contributed by atoms with Crippen LogP contribution in [0.5, 0.6) is 5.88 Å². The van der Waals surface area contributed by atoms with Gasteiger partial charge in [0.1, 0.15) is 5.56 Å². The molecule has 0 saturated carbocycles. The second kappa shape index (κ2) is 5.47. The fraction of sp³-hybridized carbons (Fsp3) is 0.286. The van der Waals surface area contributed by atoms with Gasteiger partial charge in [0, 0.05) is 18.3 Å². The van der Waals surface area contributed by atoms with Gasteiger partial charge in [0.2, 0.25) is 11.8 Å². The molecular weight excluding hydrogens is 286 g/mol. The zero-order valence-electron chi connectivity index (χ0n) is 12.0. The van der Waals surface area contributed by atoms with Gasteiger partial charge in [0.25, 0.3) is 11.5 Å². The van der Waals surface area contributed by atoms with Crippen molar-refractivity contribution in [3.05, 3.63) is 45.5 Å². The lowest BCUT2D eigenvalue weighted by atomic mass is 10.1. The summed E-state index contributed by atoms with van der Waals surface area (Å²) in [5.74, 6) is 0.116. The number of aromatic nitrogens is 3. The molecule has 1 aliphatic rings. The van der Waals surface area contributed by atoms with E-state index < -0.39 is 0 Å². The Morgan fingerprint density at radius 2 is 2.32 bits per heavy atom. The number of hydrogen-bond donors (Lipinski definition) is 2. The van der Waals surface area contributed by atoms with Gasteiger partial charge in [-0.2, -0.15) is 0 Å². The Kier molecular flexibility index (Phi) is 3.50. The Morgan fingerprint density at radius 1 is 1.50 bits per heavy atom. The van der Waals surface area contributed by atoms with Gasteiger partial charge in [-0.15, -0.1) is 0 Å². The Hall–Kier alpha value is -2.90. The minimum atomic E-state index is -0.242. The molecule has 0 spiro atoms. The summed E-state index contributed by atoms with van der Waals surface area (Å²) >= 11 is 0. The third kappa shape index (κ3) is 2.39. The van der Waals surface area contributed by atoms with Crippen LogP contribution in [0.3, 0.4) is 0 Å². The summed E-state index contributed by atoms with van der Waals surface area (Å²) in [5.41, 5.74) is 6.81. The van der Waals surface area contributed by atoms with Crippen LogP contribution in [-0.4, -0.2) is 39.4 Å². The molecule has 3 heterocycles. The monoisotopic (exact) mass is 301 g/mol. The van der Waals surface area contributed by atoms with Crippen LogP contribution in [0.1, 0.15) is 21.6 Å². The van der Waals surface area contributed by atoms with Gasteiger partial charge in [0.15, 0.2) is 0 Å². The number of carbonyl (C=O) groups excluding carboxylic acids is 1. The highest BCUT2D eigenvalue weighted by molar-refractivity contribution is 5.96. The molecule has 8 heteroatoms. The van der Waals surface area contributed by atoms with E-state index in [2.05, 4.69) is 15.0 Å². The summed E-state index contributed by atoms with van der Waals surface area (Å²) in [6.45, 7) is 0.666. The van der Waals surface area contributed by atoms with Crippen molar-refractivity contribution in [3.63, 3.8) is 0 Å². The lowest BCUT2D eigenvalue weighted by molar-refractivity contribution is 0.0727. The first-order chi connectivity index (χ1) is 10.6. The first-order valence-electron chi connectivity index (χ1n) is 6.76. The standard InChI is InChI=1S/C14H15N5O3/c1-22-12-9(3-2-5-16-12)13(21)19-6-4-8-10(7-19)17-14(15)18-11(8)20/h2-3,5H,4,6-7H2,1H3,(H3,15,17,18,20). The number of hydrogen-bond acceptors (Lipinski definition) is 6. The average Bonchev–Trinajstić information content (AvgIpc) is 2.53. The number of nitrogens with one attached hydrogen (secondary N) is 1. The normalized spacial score (nSPS) is 13.6. The molecule has 2 aromatic rings. The van der Waals surface area contributed by atoms with E-state index in [9.17, 15) is 9.59 Å². The van der Waals surface area contributed by atoms with Crippen LogP contribution in [0.25, 0.3) is 0 Å². The van der Waals surface area contributed by atoms with Crippen LogP contribution in [0.2, 0.25) is 0 Å². The number of pyridine rings is 1. The molecule has 0 unspecified atom stereocenters. The predicted octanol–water partition coefficient (Wildman–Crippen LogP) is -0.0458. The highest BCUT2D eigenvalue weighted by Gasteiger charge is 2.26. The van der Waals surface area contributed by atoms with Crippen LogP contribution >= 0.6 is 0 Å². The van der Waals surface area contributed by atoms with Gasteiger partial charge < -0.3 is 15.4 Å². The molecule has 3 N–H and O–H groups in total. The second-order valence-corrected chi connectivity index (χ2v) is 4.91. The van der Waals surface area contributed by atoms with Crippen molar-refractivity contribution in [2.75, 3.05) is 19.4 Å². The summed E-state index contributed by atoms with van der Waals surface area (Å²) in [7, 11) is 1.46. The highest BCUT2D eigenvalue weighted by Crippen LogP contribution is 2.20. The number of amides is 1. The molecule has 1 aliphatic heterocycles. The van der Waals surface area contributed by atoms with Crippen LogP contribution in [-0.2, 0) is 13.0 Å². The number of anilines is 1. The van der Waals surface area contributed by atoms with Gasteiger partial charge in [-0.1, -0.05) is 0 Å². The molecule has 8 nitrogen and oxygen atoms in total. The predicted molar refractivity (Wildman–Crippen MR) is 78.5 cm³/mol. The smallest absolute Gasteiger partial charge is 0.259 e. The van der Waals surface area contributed by atoms with E-state index in [4.69, 9.17) is 10.5 Å². The zero-order valence-corrected chi connectivity index (χ0v) is 12.0. The second-order valence-electron chi connectivity index (χ2n) is 4.91. The number of rotatable bonds is 2. The Bertz CT molecular complexity index is 786. The van der Waals surface area contributed by atoms with Crippen molar-refractivity contribution in [2.45, 2.75) is 13.0 Å². The Labute approximate surface area is 126 Å². The van der Waals surface area contributed by atoms with E-state index in [1.54, 1.807) is 23.2 Å². The van der Waals surface area contributed by atoms with Gasteiger partial charge in [-0.05, 0) is 18.6 Å². The molecule has 114 valence electrons. The maximum atomic E-state index is 12.6. The molecule has 3 rings (SSSR count). The minimum absolute atomic E-state index is 0.0528. The molecule has 0 radical (unpaired) electrons. The van der Waals surface area contributed by atoms with Crippen molar-refractivity contribution in [1.29, 1.82) is 0 Å². The Balaban J connectivity index is 1.91. The van der Waals surface area contributed by atoms with Crippen molar-refractivity contribution < 1.29 is 9.53 Å². The van der Waals surface area contributed by atoms with Crippen LogP contribution in [0.15, 0.2) is 23.1 Å². The average molecular weight is 301 g/mol. The van der Waals surface area contributed by atoms with Crippen molar-refractivity contribution in [2.24, 2.45) is 0 Å². The molecule has 0 bridgehead atoms. The summed E-state index contributed by atoms with van der Waals surface area (Å²) in [4.78, 5) is 36.7. The Morgan fingerprint density at radius 3 is 3.09 bits per heavy atom. The third-order valence-electron chi connectivity index (χ3n) is 3.57. The van der Waals surface area contributed by atoms with Crippen LogP contribution < -0.4 is 16.0 Å². The number of H-pyrrole nitrogens is 1. The summed E-state index contributed by atoms with van der Waals surface area (Å²) in [6.07, 6.45) is 2.00. The van der Waals surface area contributed by atoms with Crippen molar-refractivity contribution >= 4 is 11.9 Å². The lowest BCUT2D eigenvalue weighted by Crippen LogP contribution is -2.39. The SMILES string of the molecule is COc1ncccc1C(=O)N1CCc2c(nc(N)[nH]c2=O)C1. The zero-order chi connectivity index (χ0) is 15.7. The maximum absolute atomic E-state index is 12.6. The number of fused-ring (bicyclic) bond motifs is 1. The third-order valence-corrected chi connectivity index (χ3v) is 3.57. The van der Waals surface area contributed by atoms with Crippen LogP contribution in [0, 0.1) is 0 Å². The van der Waals surface area contributed by atoms with E-state index in [0.29, 0.717) is 29.8 Å². The van der Waals surface area contributed by atoms with Gasteiger partial charge in [-0.3, -0.25) is 14.6 Å². The number of ether oxygens (including phenoxy) is 1. The molecule has 0 fully saturated rings. The fourth-order valence-electron chi connectivity index (χ4n) is 2.52. The van der Waals surface area contributed by atoms with Gasteiger partial charge in [-0.25, -0.2) is 9.97 Å². The molecule has 22 heavy (non-hydrogen) atoms. The summed E-state index contributed by atoms with van der Waals surface area (Å²) < 4.78 is 5.12. The van der Waals surface area contributed by atoms with E-state index in [1.807, 2.05) is 0 Å². The molecular formula is C14H15N5O3. The lowest BCUT2D eigenvalue weighted by Gasteiger charge is -2.27. The number of aromatic amines is 1. The molecule has 2 aromatic heterocycles. The topological polar surface area (TPSA) is 114 Å². The van der Waals surface area contributed by atoms with E-state index in [1.165, 1.54) is 7.11 Å². The van der Waals surface area contributed by atoms with Crippen LogP contribution in [0.4, 0.5) is 5.95 Å². The van der Waals surface area contributed by atoms with Crippen molar-refractivity contribution in [3.8, 4) is 5.88 Å². The van der Waals surface area contributed by atoms with E-state index in [-0.39, 0.29) is 29.8 Å². The quantitative estimate of drug-likeness (QED) is 0.804. The van der Waals surface area contributed by atoms with E-state index >= 15 is 0 Å². The molecule has 0 atom stereocenters. The fourth-order valence-corrected chi connectivity index (χ4v) is 2.52. The number of nitrogens with two attached hydrogens (primary N) is 1. The van der Waals surface area contributed by atoms with Gasteiger partial charge >= 0.3 is 0 Å².